The Morgan fingerprint density at radius 2 is 1.95 bits per heavy atom. The van der Waals surface area contributed by atoms with E-state index in [4.69, 9.17) is 9.47 Å². The van der Waals surface area contributed by atoms with Gasteiger partial charge in [-0.1, -0.05) is 0 Å². The van der Waals surface area contributed by atoms with E-state index in [9.17, 15) is 4.79 Å². The van der Waals surface area contributed by atoms with E-state index in [0.717, 1.165) is 25.9 Å². The second kappa shape index (κ2) is 7.20. The molecule has 0 saturated carbocycles. The average Bonchev–Trinajstić information content (AvgIpc) is 2.85. The minimum Gasteiger partial charge on any atom is -0.497 e. The van der Waals surface area contributed by atoms with E-state index in [1.807, 2.05) is 4.90 Å². The smallest absolute Gasteiger partial charge is 0.257 e. The number of halogens is 1. The van der Waals surface area contributed by atoms with Crippen LogP contribution >= 0.6 is 12.4 Å². The Balaban J connectivity index is 0.00000176. The van der Waals surface area contributed by atoms with Crippen LogP contribution in [-0.2, 0) is 0 Å². The number of hydrogen-bond donors (Lipinski definition) is 1. The number of methoxy groups -OCH3 is 2. The molecule has 6 heteroatoms. The molecular weight excluding hydrogens is 304 g/mol. The van der Waals surface area contributed by atoms with Crippen molar-refractivity contribution in [3.8, 4) is 11.5 Å². The molecule has 1 amide bonds. The number of carbonyl (C=O) groups is 1. The minimum absolute atomic E-state index is 0. The number of nitrogens with zero attached hydrogens (tertiary/aromatic N) is 1. The Labute approximate surface area is 137 Å². The molecule has 2 saturated heterocycles. The molecule has 22 heavy (non-hydrogen) atoms. The van der Waals surface area contributed by atoms with Crippen LogP contribution < -0.4 is 14.8 Å². The molecule has 5 nitrogen and oxygen atoms in total. The van der Waals surface area contributed by atoms with Crippen LogP contribution in [0.2, 0.25) is 0 Å². The van der Waals surface area contributed by atoms with Gasteiger partial charge in [-0.15, -0.1) is 12.4 Å². The number of hydrogen-bond acceptors (Lipinski definition) is 4. The van der Waals surface area contributed by atoms with Gasteiger partial charge in [-0.25, -0.2) is 0 Å². The van der Waals surface area contributed by atoms with E-state index in [2.05, 4.69) is 5.32 Å². The molecule has 1 aromatic rings. The summed E-state index contributed by atoms with van der Waals surface area (Å²) in [4.78, 5) is 14.7. The van der Waals surface area contributed by atoms with Gasteiger partial charge in [-0.05, 0) is 31.4 Å². The standard InChI is InChI=1S/C16H22N2O3.ClH/c1-20-13-5-6-14(15(9-13)21-2)16(19)18-8-7-11-3-4-12(10-18)17-11;/h5-6,9,11-12,17H,3-4,7-8,10H2,1-2H3;1H. The van der Waals surface area contributed by atoms with Gasteiger partial charge in [0.1, 0.15) is 11.5 Å². The van der Waals surface area contributed by atoms with Crippen molar-refractivity contribution in [3.05, 3.63) is 23.8 Å². The molecule has 2 heterocycles. The lowest BCUT2D eigenvalue weighted by molar-refractivity contribution is 0.0744. The van der Waals surface area contributed by atoms with Crippen molar-refractivity contribution in [2.75, 3.05) is 27.3 Å². The van der Waals surface area contributed by atoms with Crippen molar-refractivity contribution in [1.29, 1.82) is 0 Å². The lowest BCUT2D eigenvalue weighted by Crippen LogP contribution is -2.39. The highest BCUT2D eigenvalue weighted by molar-refractivity contribution is 5.97. The SMILES string of the molecule is COc1ccc(C(=O)N2CCC3CCC(C2)N3)c(OC)c1.Cl. The van der Waals surface area contributed by atoms with E-state index in [1.54, 1.807) is 32.4 Å². The monoisotopic (exact) mass is 326 g/mol. The Kier molecular flexibility index (Phi) is 5.53. The molecule has 2 fully saturated rings. The van der Waals surface area contributed by atoms with Crippen LogP contribution in [0.15, 0.2) is 18.2 Å². The van der Waals surface area contributed by atoms with E-state index in [0.29, 0.717) is 29.1 Å². The molecule has 2 bridgehead atoms. The van der Waals surface area contributed by atoms with Crippen LogP contribution in [0.5, 0.6) is 11.5 Å². The number of carbonyl (C=O) groups excluding carboxylic acids is 1. The number of likely N-dealkylation sites (tertiary alicyclic amines) is 1. The first-order valence-electron chi connectivity index (χ1n) is 7.48. The second-order valence-corrected chi connectivity index (χ2v) is 5.74. The van der Waals surface area contributed by atoms with Gasteiger partial charge in [-0.2, -0.15) is 0 Å². The van der Waals surface area contributed by atoms with Crippen molar-refractivity contribution in [1.82, 2.24) is 10.2 Å². The lowest BCUT2D eigenvalue weighted by atomic mass is 10.1. The Morgan fingerprint density at radius 1 is 1.18 bits per heavy atom. The third-order valence-electron chi connectivity index (χ3n) is 4.45. The fourth-order valence-corrected chi connectivity index (χ4v) is 3.27. The summed E-state index contributed by atoms with van der Waals surface area (Å²) in [5.74, 6) is 1.31. The molecule has 2 aliphatic rings. The first-order valence-corrected chi connectivity index (χ1v) is 7.48. The van der Waals surface area contributed by atoms with Crippen molar-refractivity contribution >= 4 is 18.3 Å². The summed E-state index contributed by atoms with van der Waals surface area (Å²) in [6, 6.07) is 6.36. The van der Waals surface area contributed by atoms with E-state index in [-0.39, 0.29) is 18.3 Å². The van der Waals surface area contributed by atoms with Crippen LogP contribution in [-0.4, -0.2) is 50.2 Å². The number of amides is 1. The van der Waals surface area contributed by atoms with Crippen LogP contribution in [0.4, 0.5) is 0 Å². The van der Waals surface area contributed by atoms with Crippen LogP contribution in [0.1, 0.15) is 29.6 Å². The van der Waals surface area contributed by atoms with E-state index < -0.39 is 0 Å². The molecule has 2 atom stereocenters. The Hall–Kier alpha value is -1.46. The fourth-order valence-electron chi connectivity index (χ4n) is 3.27. The topological polar surface area (TPSA) is 50.8 Å². The Morgan fingerprint density at radius 3 is 2.68 bits per heavy atom. The molecule has 1 aromatic carbocycles. The fraction of sp³-hybridized carbons (Fsp3) is 0.562. The number of fused-ring (bicyclic) bond motifs is 2. The summed E-state index contributed by atoms with van der Waals surface area (Å²) in [5, 5.41) is 3.59. The highest BCUT2D eigenvalue weighted by atomic mass is 35.5. The largest absolute Gasteiger partial charge is 0.497 e. The third kappa shape index (κ3) is 3.31. The molecule has 1 N–H and O–H groups in total. The number of rotatable bonds is 3. The van der Waals surface area contributed by atoms with E-state index in [1.165, 1.54) is 6.42 Å². The lowest BCUT2D eigenvalue weighted by Gasteiger charge is -2.25. The molecule has 0 radical (unpaired) electrons. The molecule has 3 rings (SSSR count). The number of nitrogens with one attached hydrogen (secondary N) is 1. The molecule has 2 aliphatic heterocycles. The summed E-state index contributed by atoms with van der Waals surface area (Å²) < 4.78 is 10.5. The van der Waals surface area contributed by atoms with Gasteiger partial charge in [0, 0.05) is 31.2 Å². The van der Waals surface area contributed by atoms with Gasteiger partial charge in [0.2, 0.25) is 0 Å². The minimum atomic E-state index is 0. The van der Waals surface area contributed by atoms with Crippen molar-refractivity contribution in [2.45, 2.75) is 31.3 Å². The zero-order valence-electron chi connectivity index (χ0n) is 13.0. The maximum atomic E-state index is 12.8. The van der Waals surface area contributed by atoms with Gasteiger partial charge in [0.25, 0.3) is 5.91 Å². The van der Waals surface area contributed by atoms with Gasteiger partial charge < -0.3 is 19.7 Å². The molecule has 122 valence electrons. The van der Waals surface area contributed by atoms with Crippen molar-refractivity contribution in [3.63, 3.8) is 0 Å². The molecule has 0 spiro atoms. The summed E-state index contributed by atoms with van der Waals surface area (Å²) in [6.07, 6.45) is 3.42. The van der Waals surface area contributed by atoms with Gasteiger partial charge in [0.05, 0.1) is 19.8 Å². The quantitative estimate of drug-likeness (QED) is 0.924. The predicted octanol–water partition coefficient (Wildman–Crippen LogP) is 2.09. The molecule has 0 aliphatic carbocycles. The maximum absolute atomic E-state index is 12.8. The second-order valence-electron chi connectivity index (χ2n) is 5.74. The van der Waals surface area contributed by atoms with Crippen molar-refractivity contribution < 1.29 is 14.3 Å². The number of benzene rings is 1. The number of ether oxygens (including phenoxy) is 2. The third-order valence-corrected chi connectivity index (χ3v) is 4.45. The van der Waals surface area contributed by atoms with Gasteiger partial charge >= 0.3 is 0 Å². The average molecular weight is 327 g/mol. The zero-order valence-corrected chi connectivity index (χ0v) is 13.8. The highest BCUT2D eigenvalue weighted by Crippen LogP contribution is 2.27. The van der Waals surface area contributed by atoms with Gasteiger partial charge in [0.15, 0.2) is 0 Å². The first kappa shape index (κ1) is 16.9. The van der Waals surface area contributed by atoms with Crippen molar-refractivity contribution in [2.24, 2.45) is 0 Å². The van der Waals surface area contributed by atoms with Crippen LogP contribution in [0, 0.1) is 0 Å². The normalized spacial score (nSPS) is 23.5. The first-order chi connectivity index (χ1) is 10.2. The molecule has 0 aromatic heterocycles. The zero-order chi connectivity index (χ0) is 14.8. The summed E-state index contributed by atoms with van der Waals surface area (Å²) in [6.45, 7) is 1.59. The molecule has 2 unspecified atom stereocenters. The van der Waals surface area contributed by atoms with E-state index >= 15 is 0 Å². The summed E-state index contributed by atoms with van der Waals surface area (Å²) in [7, 11) is 3.19. The maximum Gasteiger partial charge on any atom is 0.257 e. The summed E-state index contributed by atoms with van der Waals surface area (Å²) in [5.41, 5.74) is 0.607. The van der Waals surface area contributed by atoms with Gasteiger partial charge in [-0.3, -0.25) is 4.79 Å². The van der Waals surface area contributed by atoms with Crippen LogP contribution in [0.25, 0.3) is 0 Å². The Bertz CT molecular complexity index is 538. The summed E-state index contributed by atoms with van der Waals surface area (Å²) >= 11 is 0. The predicted molar refractivity (Wildman–Crippen MR) is 87.3 cm³/mol. The molecular formula is C16H23ClN2O3. The highest BCUT2D eigenvalue weighted by Gasteiger charge is 2.32. The van der Waals surface area contributed by atoms with Crippen LogP contribution in [0.3, 0.4) is 0 Å².